The summed E-state index contributed by atoms with van der Waals surface area (Å²) in [6.45, 7) is 6.50. The topological polar surface area (TPSA) is 63.7 Å². The van der Waals surface area contributed by atoms with Crippen LogP contribution >= 0.6 is 27.3 Å². The minimum atomic E-state index is -3.26. The molecule has 0 radical (unpaired) electrons. The summed E-state index contributed by atoms with van der Waals surface area (Å²) in [5, 5.41) is 0. The number of esters is 1. The highest BCUT2D eigenvalue weighted by atomic mass is 79.9. The Balaban J connectivity index is 1.84. The molecule has 0 saturated carbocycles. The van der Waals surface area contributed by atoms with Crippen LogP contribution in [0.5, 0.6) is 0 Å². The zero-order valence-corrected chi connectivity index (χ0v) is 21.2. The Hall–Kier alpha value is -1.22. The van der Waals surface area contributed by atoms with Crippen LogP contribution in [0.2, 0.25) is 0 Å². The molecule has 2 rings (SSSR count). The van der Waals surface area contributed by atoms with Crippen LogP contribution < -0.4 is 0 Å². The van der Waals surface area contributed by atoms with Crippen molar-refractivity contribution < 1.29 is 17.9 Å². The number of hydrogen-bond donors (Lipinski definition) is 0. The van der Waals surface area contributed by atoms with Gasteiger partial charge in [0.05, 0.1) is 6.26 Å². The van der Waals surface area contributed by atoms with Crippen molar-refractivity contribution in [3.63, 3.8) is 0 Å². The average Bonchev–Trinajstić information content (AvgIpc) is 3.07. The molecular weight excluding hydrogens is 486 g/mol. The predicted octanol–water partition coefficient (Wildman–Crippen LogP) is 5.29. The fourth-order valence-electron chi connectivity index (χ4n) is 2.98. The summed E-state index contributed by atoms with van der Waals surface area (Å²) < 4.78 is 32.3. The van der Waals surface area contributed by atoms with Crippen LogP contribution in [0.3, 0.4) is 0 Å². The first kappa shape index (κ1) is 25.0. The maximum absolute atomic E-state index is 12.2. The zero-order valence-electron chi connectivity index (χ0n) is 18.0. The van der Waals surface area contributed by atoms with Crippen molar-refractivity contribution in [3.8, 4) is 0 Å². The molecule has 0 aliphatic carbocycles. The second kappa shape index (κ2) is 10.9. The molecule has 5 nitrogen and oxygen atoms in total. The monoisotopic (exact) mass is 515 g/mol. The van der Waals surface area contributed by atoms with Gasteiger partial charge < -0.3 is 4.74 Å². The third-order valence-corrected chi connectivity index (χ3v) is 7.24. The van der Waals surface area contributed by atoms with Crippen LogP contribution in [-0.2, 0) is 27.6 Å². The summed E-state index contributed by atoms with van der Waals surface area (Å²) in [7, 11) is -3.26. The van der Waals surface area contributed by atoms with Gasteiger partial charge in [-0.1, -0.05) is 28.1 Å². The fraction of sp³-hybridized carbons (Fsp3) is 0.500. The molecular formula is C22H30BrNO4S2. The van der Waals surface area contributed by atoms with Crippen molar-refractivity contribution in [2.75, 3.05) is 19.3 Å². The molecule has 0 atom stereocenters. The minimum absolute atomic E-state index is 0.316. The van der Waals surface area contributed by atoms with E-state index in [4.69, 9.17) is 4.74 Å². The average molecular weight is 517 g/mol. The van der Waals surface area contributed by atoms with Gasteiger partial charge in [0.25, 0.3) is 0 Å². The van der Waals surface area contributed by atoms with E-state index in [1.165, 1.54) is 23.2 Å². The Morgan fingerprint density at radius 1 is 1.10 bits per heavy atom. The Labute approximate surface area is 192 Å². The Bertz CT molecular complexity index is 948. The second-order valence-corrected chi connectivity index (χ2v) is 12.3. The van der Waals surface area contributed by atoms with E-state index in [0.717, 1.165) is 28.6 Å². The Morgan fingerprint density at radius 3 is 2.37 bits per heavy atom. The summed E-state index contributed by atoms with van der Waals surface area (Å²) in [6, 6.07) is 11.8. The number of benzene rings is 1. The highest BCUT2D eigenvalue weighted by molar-refractivity contribution is 9.10. The molecule has 0 unspecified atom stereocenters. The molecule has 30 heavy (non-hydrogen) atoms. The molecule has 0 N–H and O–H groups in total. The van der Waals surface area contributed by atoms with E-state index in [-0.39, 0.29) is 5.97 Å². The van der Waals surface area contributed by atoms with Crippen LogP contribution in [0.15, 0.2) is 40.9 Å². The van der Waals surface area contributed by atoms with Gasteiger partial charge in [0.1, 0.15) is 10.5 Å². The quantitative estimate of drug-likeness (QED) is 0.403. The fourth-order valence-corrected chi connectivity index (χ4v) is 5.27. The number of thiophene rings is 1. The van der Waals surface area contributed by atoms with E-state index in [9.17, 15) is 13.2 Å². The molecule has 0 saturated heterocycles. The van der Waals surface area contributed by atoms with Crippen molar-refractivity contribution in [2.24, 2.45) is 0 Å². The number of rotatable bonds is 10. The zero-order chi connectivity index (χ0) is 22.4. The number of halogens is 1. The molecule has 1 aromatic carbocycles. The predicted molar refractivity (Wildman–Crippen MR) is 127 cm³/mol. The van der Waals surface area contributed by atoms with E-state index < -0.39 is 15.6 Å². The molecule has 1 heterocycles. The summed E-state index contributed by atoms with van der Waals surface area (Å²) in [5.74, 6) is -0.316. The van der Waals surface area contributed by atoms with Crippen LogP contribution in [-0.4, -0.2) is 43.6 Å². The number of hydrogen-bond acceptors (Lipinski definition) is 5. The van der Waals surface area contributed by atoms with E-state index >= 15 is 0 Å². The number of carbonyl (C=O) groups excluding carboxylic acids is 1. The number of nitrogens with zero attached hydrogens (tertiary/aromatic N) is 1. The molecule has 1 aromatic heterocycles. The Morgan fingerprint density at radius 2 is 1.77 bits per heavy atom. The third kappa shape index (κ3) is 8.88. The lowest BCUT2D eigenvalue weighted by Crippen LogP contribution is -2.32. The summed E-state index contributed by atoms with van der Waals surface area (Å²) in [5.41, 5.74) is 0.665. The lowest BCUT2D eigenvalue weighted by atomic mass is 10.1. The van der Waals surface area contributed by atoms with Gasteiger partial charge in [-0.3, -0.25) is 0 Å². The molecule has 8 heteroatoms. The van der Waals surface area contributed by atoms with Crippen molar-refractivity contribution in [1.29, 1.82) is 0 Å². The minimum Gasteiger partial charge on any atom is -0.456 e. The van der Waals surface area contributed by atoms with Crippen LogP contribution in [0.1, 0.15) is 53.7 Å². The van der Waals surface area contributed by atoms with Gasteiger partial charge >= 0.3 is 5.97 Å². The van der Waals surface area contributed by atoms with Gasteiger partial charge in [0, 0.05) is 22.4 Å². The molecule has 0 spiro atoms. The van der Waals surface area contributed by atoms with Gasteiger partial charge in [0.2, 0.25) is 10.0 Å². The maximum Gasteiger partial charge on any atom is 0.348 e. The molecule has 2 aromatic rings. The number of carbonyl (C=O) groups is 1. The third-order valence-electron chi connectivity index (χ3n) is 4.32. The molecule has 0 bridgehead atoms. The van der Waals surface area contributed by atoms with E-state index in [1.54, 1.807) is 10.4 Å². The first-order valence-corrected chi connectivity index (χ1v) is 13.4. The van der Waals surface area contributed by atoms with Crippen LogP contribution in [0, 0.1) is 0 Å². The summed E-state index contributed by atoms with van der Waals surface area (Å²) in [4.78, 5) is 13.8. The van der Waals surface area contributed by atoms with Crippen molar-refractivity contribution in [2.45, 2.75) is 52.1 Å². The lowest BCUT2D eigenvalue weighted by Gasteiger charge is -2.19. The highest BCUT2D eigenvalue weighted by Gasteiger charge is 2.20. The first-order chi connectivity index (χ1) is 13.9. The SMILES string of the molecule is CC(C)(C)OC(=O)c1ccc(CCCN(CCCc2cccc(Br)c2)S(C)(=O)=O)s1. The smallest absolute Gasteiger partial charge is 0.348 e. The van der Waals surface area contributed by atoms with Crippen molar-refractivity contribution in [1.82, 2.24) is 4.31 Å². The molecule has 166 valence electrons. The summed E-state index contributed by atoms with van der Waals surface area (Å²) >= 11 is 4.87. The second-order valence-electron chi connectivity index (χ2n) is 8.27. The van der Waals surface area contributed by atoms with Crippen LogP contribution in [0.25, 0.3) is 0 Å². The molecule has 0 aliphatic heterocycles. The number of aryl methyl sites for hydroxylation is 2. The normalized spacial score (nSPS) is 12.3. The first-order valence-electron chi connectivity index (χ1n) is 9.96. The van der Waals surface area contributed by atoms with Gasteiger partial charge in [-0.2, -0.15) is 0 Å². The standard InChI is InChI=1S/C22H30BrNO4S2/c1-22(2,3)28-21(25)20-13-12-19(29-20)11-7-15-24(30(4,26)27)14-6-9-17-8-5-10-18(23)16-17/h5,8,10,12-13,16H,6-7,9,11,14-15H2,1-4H3. The van der Waals surface area contributed by atoms with E-state index in [2.05, 4.69) is 28.1 Å². The number of ether oxygens (including phenoxy) is 1. The van der Waals surface area contributed by atoms with E-state index in [1.807, 2.05) is 39.0 Å². The molecule has 0 fully saturated rings. The van der Waals surface area contributed by atoms with Crippen molar-refractivity contribution in [3.05, 3.63) is 56.2 Å². The van der Waals surface area contributed by atoms with Gasteiger partial charge in [-0.15, -0.1) is 11.3 Å². The van der Waals surface area contributed by atoms with Crippen LogP contribution in [0.4, 0.5) is 0 Å². The largest absolute Gasteiger partial charge is 0.456 e. The lowest BCUT2D eigenvalue weighted by molar-refractivity contribution is 0.00752. The Kier molecular flexibility index (Phi) is 9.09. The van der Waals surface area contributed by atoms with Crippen molar-refractivity contribution >= 4 is 43.3 Å². The maximum atomic E-state index is 12.2. The molecule has 0 aliphatic rings. The van der Waals surface area contributed by atoms with Gasteiger partial charge in [0.15, 0.2) is 0 Å². The number of sulfonamides is 1. The van der Waals surface area contributed by atoms with Gasteiger partial charge in [-0.05, 0) is 76.3 Å². The van der Waals surface area contributed by atoms with Gasteiger partial charge in [-0.25, -0.2) is 17.5 Å². The highest BCUT2D eigenvalue weighted by Crippen LogP contribution is 2.22. The van der Waals surface area contributed by atoms with E-state index in [0.29, 0.717) is 24.4 Å². The summed E-state index contributed by atoms with van der Waals surface area (Å²) in [6.07, 6.45) is 4.29. The molecule has 0 amide bonds.